The first-order chi connectivity index (χ1) is 7.84. The third kappa shape index (κ3) is 2.43. The van der Waals surface area contributed by atoms with E-state index in [1.54, 1.807) is 6.92 Å². The molecule has 3 heteroatoms. The summed E-state index contributed by atoms with van der Waals surface area (Å²) in [6.07, 6.45) is 3.23. The molecule has 2 unspecified atom stereocenters. The monoisotopic (exact) mass is 238 g/mol. The lowest BCUT2D eigenvalue weighted by atomic mass is 9.61. The molecule has 3 nitrogen and oxygen atoms in total. The number of aliphatic carboxylic acids is 1. The van der Waals surface area contributed by atoms with Crippen LogP contribution in [0.25, 0.3) is 0 Å². The zero-order valence-corrected chi connectivity index (χ0v) is 11.1. The van der Waals surface area contributed by atoms with Crippen LogP contribution < -0.4 is 0 Å². The number of rotatable bonds is 4. The maximum absolute atomic E-state index is 11.7. The molecule has 0 heterocycles. The highest BCUT2D eigenvalue weighted by Gasteiger charge is 2.48. The lowest BCUT2D eigenvalue weighted by molar-refractivity contribution is -0.151. The van der Waals surface area contributed by atoms with Crippen LogP contribution in [0.1, 0.15) is 47.0 Å². The minimum Gasteiger partial charge on any atom is -0.481 e. The first-order valence-corrected chi connectivity index (χ1v) is 6.29. The molecule has 0 saturated heterocycles. The van der Waals surface area contributed by atoms with Gasteiger partial charge < -0.3 is 5.11 Å². The summed E-state index contributed by atoms with van der Waals surface area (Å²) in [5.74, 6) is -0.378. The van der Waals surface area contributed by atoms with Gasteiger partial charge in [-0.05, 0) is 37.7 Å². The Labute approximate surface area is 103 Å². The predicted molar refractivity (Wildman–Crippen MR) is 66.7 cm³/mol. The fourth-order valence-corrected chi connectivity index (χ4v) is 3.08. The van der Waals surface area contributed by atoms with Gasteiger partial charge in [0.05, 0.1) is 5.41 Å². The number of carboxylic acid groups (broad SMARTS) is 1. The fourth-order valence-electron chi connectivity index (χ4n) is 3.08. The quantitative estimate of drug-likeness (QED) is 0.819. The molecule has 0 radical (unpaired) electrons. The topological polar surface area (TPSA) is 54.4 Å². The van der Waals surface area contributed by atoms with Crippen molar-refractivity contribution in [3.05, 3.63) is 11.6 Å². The van der Waals surface area contributed by atoms with Gasteiger partial charge in [-0.25, -0.2) is 0 Å². The Morgan fingerprint density at radius 1 is 1.59 bits per heavy atom. The van der Waals surface area contributed by atoms with E-state index in [1.807, 2.05) is 6.92 Å². The van der Waals surface area contributed by atoms with Gasteiger partial charge in [0, 0.05) is 6.42 Å². The lowest BCUT2D eigenvalue weighted by Crippen LogP contribution is -2.43. The van der Waals surface area contributed by atoms with Crippen LogP contribution >= 0.6 is 0 Å². The van der Waals surface area contributed by atoms with Crippen molar-refractivity contribution in [3.8, 4) is 0 Å². The molecule has 2 atom stereocenters. The van der Waals surface area contributed by atoms with Gasteiger partial charge in [-0.15, -0.1) is 0 Å². The van der Waals surface area contributed by atoms with Crippen LogP contribution in [0.3, 0.4) is 0 Å². The second-order valence-electron chi connectivity index (χ2n) is 5.45. The largest absolute Gasteiger partial charge is 0.481 e. The molecule has 0 aromatic carbocycles. The number of hydrogen-bond donors (Lipinski definition) is 1. The van der Waals surface area contributed by atoms with E-state index in [2.05, 4.69) is 13.8 Å². The second kappa shape index (κ2) is 5.03. The smallest absolute Gasteiger partial charge is 0.314 e. The minimum atomic E-state index is -0.835. The van der Waals surface area contributed by atoms with Gasteiger partial charge in [0.1, 0.15) is 0 Å². The summed E-state index contributed by atoms with van der Waals surface area (Å²) in [6, 6.07) is 0. The van der Waals surface area contributed by atoms with Gasteiger partial charge in [-0.2, -0.15) is 0 Å². The normalized spacial score (nSPS) is 29.4. The van der Waals surface area contributed by atoms with E-state index in [0.717, 1.165) is 12.0 Å². The Hall–Kier alpha value is -1.12. The average molecular weight is 238 g/mol. The number of carbonyl (C=O) groups is 2. The summed E-state index contributed by atoms with van der Waals surface area (Å²) >= 11 is 0. The second-order valence-corrected chi connectivity index (χ2v) is 5.45. The zero-order chi connectivity index (χ0) is 13.2. The van der Waals surface area contributed by atoms with Gasteiger partial charge in [-0.3, -0.25) is 9.59 Å². The van der Waals surface area contributed by atoms with Crippen LogP contribution in [0.2, 0.25) is 0 Å². The average Bonchev–Trinajstić information content (AvgIpc) is 2.15. The van der Waals surface area contributed by atoms with Gasteiger partial charge in [0.2, 0.25) is 0 Å². The van der Waals surface area contributed by atoms with Crippen molar-refractivity contribution in [1.29, 1.82) is 0 Å². The first-order valence-electron chi connectivity index (χ1n) is 6.29. The molecule has 0 fully saturated rings. The van der Waals surface area contributed by atoms with Crippen LogP contribution in [0.5, 0.6) is 0 Å². The number of allylic oxidation sites excluding steroid dienone is 1. The molecule has 1 aliphatic carbocycles. The molecule has 17 heavy (non-hydrogen) atoms. The Kier molecular flexibility index (Phi) is 4.12. The molecule has 1 rings (SSSR count). The van der Waals surface area contributed by atoms with E-state index < -0.39 is 11.4 Å². The van der Waals surface area contributed by atoms with Gasteiger partial charge in [0.25, 0.3) is 0 Å². The van der Waals surface area contributed by atoms with E-state index in [4.69, 9.17) is 0 Å². The summed E-state index contributed by atoms with van der Waals surface area (Å²) in [4.78, 5) is 23.3. The first kappa shape index (κ1) is 13.9. The molecule has 0 aromatic rings. The highest BCUT2D eigenvalue weighted by atomic mass is 16.4. The summed E-state index contributed by atoms with van der Waals surface area (Å²) in [7, 11) is 0. The summed E-state index contributed by atoms with van der Waals surface area (Å²) in [5, 5.41) is 9.58. The van der Waals surface area contributed by atoms with Crippen molar-refractivity contribution in [3.63, 3.8) is 0 Å². The van der Waals surface area contributed by atoms with Crippen molar-refractivity contribution >= 4 is 11.8 Å². The van der Waals surface area contributed by atoms with Crippen molar-refractivity contribution in [2.45, 2.75) is 47.0 Å². The molecule has 96 valence electrons. The Bertz CT molecular complexity index is 354. The molecular formula is C14H22O3. The van der Waals surface area contributed by atoms with E-state index in [1.165, 1.54) is 6.08 Å². The van der Waals surface area contributed by atoms with Crippen molar-refractivity contribution < 1.29 is 14.7 Å². The maximum atomic E-state index is 11.7. The maximum Gasteiger partial charge on any atom is 0.314 e. The van der Waals surface area contributed by atoms with Crippen LogP contribution in [-0.2, 0) is 9.59 Å². The Balaban J connectivity index is 3.20. The van der Waals surface area contributed by atoms with Crippen molar-refractivity contribution in [1.82, 2.24) is 0 Å². The van der Waals surface area contributed by atoms with Crippen LogP contribution in [-0.4, -0.2) is 16.9 Å². The van der Waals surface area contributed by atoms with Crippen molar-refractivity contribution in [2.75, 3.05) is 0 Å². The molecule has 0 amide bonds. The van der Waals surface area contributed by atoms with E-state index >= 15 is 0 Å². The van der Waals surface area contributed by atoms with E-state index in [0.29, 0.717) is 18.8 Å². The van der Waals surface area contributed by atoms with Crippen LogP contribution in [0.15, 0.2) is 11.6 Å². The summed E-state index contributed by atoms with van der Waals surface area (Å²) in [6.45, 7) is 7.82. The van der Waals surface area contributed by atoms with Gasteiger partial charge in [0.15, 0.2) is 5.78 Å². The molecule has 0 spiro atoms. The number of carboxylic acids is 1. The molecule has 1 N–H and O–H groups in total. The van der Waals surface area contributed by atoms with E-state index in [-0.39, 0.29) is 11.7 Å². The fraction of sp³-hybridized carbons (Fsp3) is 0.714. The summed E-state index contributed by atoms with van der Waals surface area (Å²) < 4.78 is 0. The van der Waals surface area contributed by atoms with Gasteiger partial charge in [-0.1, -0.05) is 26.3 Å². The van der Waals surface area contributed by atoms with E-state index in [9.17, 15) is 14.7 Å². The molecule has 0 aliphatic heterocycles. The number of carbonyl (C=O) groups excluding carboxylic acids is 1. The number of hydrogen-bond acceptors (Lipinski definition) is 2. The highest BCUT2D eigenvalue weighted by Crippen LogP contribution is 2.46. The molecular weight excluding hydrogens is 216 g/mol. The van der Waals surface area contributed by atoms with Crippen LogP contribution in [0, 0.1) is 17.3 Å². The van der Waals surface area contributed by atoms with Crippen LogP contribution in [0.4, 0.5) is 0 Å². The predicted octanol–water partition coefficient (Wildman–Crippen LogP) is 3.05. The number of ketones is 1. The summed E-state index contributed by atoms with van der Waals surface area (Å²) in [5.41, 5.74) is -0.118. The van der Waals surface area contributed by atoms with Gasteiger partial charge >= 0.3 is 5.97 Å². The zero-order valence-electron chi connectivity index (χ0n) is 11.1. The Morgan fingerprint density at radius 3 is 2.59 bits per heavy atom. The lowest BCUT2D eigenvalue weighted by Gasteiger charge is -2.40. The molecule has 0 aromatic heterocycles. The SMILES string of the molecule is CCC1(C(=O)O)C(C)=CC(=O)CC1CC(C)C. The molecule has 0 bridgehead atoms. The third-order valence-corrected chi connectivity index (χ3v) is 3.92. The Morgan fingerprint density at radius 2 is 2.18 bits per heavy atom. The minimum absolute atomic E-state index is 0.0671. The molecule has 0 saturated carbocycles. The third-order valence-electron chi connectivity index (χ3n) is 3.92. The van der Waals surface area contributed by atoms with Crippen molar-refractivity contribution in [2.24, 2.45) is 17.3 Å². The molecule has 1 aliphatic rings. The highest BCUT2D eigenvalue weighted by molar-refractivity contribution is 5.95. The standard InChI is InChI=1S/C14H22O3/c1-5-14(13(16)17)10(4)7-12(15)8-11(14)6-9(2)3/h7,9,11H,5-6,8H2,1-4H3,(H,16,17).